The van der Waals surface area contributed by atoms with Crippen LogP contribution >= 0.6 is 0 Å². The van der Waals surface area contributed by atoms with E-state index in [9.17, 15) is 14.4 Å². The van der Waals surface area contributed by atoms with E-state index >= 15 is 0 Å². The summed E-state index contributed by atoms with van der Waals surface area (Å²) in [6, 6.07) is 25.9. The molecule has 6 heteroatoms. The highest BCUT2D eigenvalue weighted by molar-refractivity contribution is 6.05. The van der Waals surface area contributed by atoms with E-state index < -0.39 is 17.5 Å². The van der Waals surface area contributed by atoms with Crippen LogP contribution in [0.3, 0.4) is 0 Å². The number of carbonyl (C=O) groups excluding carboxylic acids is 3. The lowest BCUT2D eigenvalue weighted by Gasteiger charge is -2.27. The first-order valence-corrected chi connectivity index (χ1v) is 9.26. The van der Waals surface area contributed by atoms with E-state index in [4.69, 9.17) is 14.2 Å². The van der Waals surface area contributed by atoms with Crippen LogP contribution in [0.1, 0.15) is 16.7 Å². The topological polar surface area (TPSA) is 78.9 Å². The molecule has 3 rings (SSSR count). The van der Waals surface area contributed by atoms with Gasteiger partial charge in [-0.15, -0.1) is 0 Å². The molecule has 0 aromatic heterocycles. The van der Waals surface area contributed by atoms with Crippen LogP contribution in [0.2, 0.25) is 0 Å². The Morgan fingerprint density at radius 2 is 1.07 bits per heavy atom. The molecule has 0 aliphatic carbocycles. The lowest BCUT2D eigenvalue weighted by atomic mass is 9.93. The van der Waals surface area contributed by atoms with Gasteiger partial charge in [-0.05, 0) is 11.1 Å². The van der Waals surface area contributed by atoms with Crippen LogP contribution in [0.4, 0.5) is 0 Å². The molecule has 0 atom stereocenters. The van der Waals surface area contributed by atoms with Crippen molar-refractivity contribution in [1.82, 2.24) is 0 Å². The molecule has 0 radical (unpaired) electrons. The highest BCUT2D eigenvalue weighted by Crippen LogP contribution is 2.30. The van der Waals surface area contributed by atoms with Gasteiger partial charge >= 0.3 is 17.5 Å². The van der Waals surface area contributed by atoms with Crippen molar-refractivity contribution in [3.05, 3.63) is 108 Å². The largest absolute Gasteiger partial charge is 0.457 e. The molecule has 3 aromatic rings. The molecule has 0 unspecified atom stereocenters. The molecule has 0 bridgehead atoms. The zero-order valence-electron chi connectivity index (χ0n) is 16.1. The number of hydrogen-bond acceptors (Lipinski definition) is 6. The molecule has 0 aliphatic rings. The average molecular weight is 404 g/mol. The van der Waals surface area contributed by atoms with Gasteiger partial charge in [-0.2, -0.15) is 0 Å². The van der Waals surface area contributed by atoms with Crippen LogP contribution in [0.15, 0.2) is 91.0 Å². The second-order valence-corrected chi connectivity index (χ2v) is 6.38. The minimum absolute atomic E-state index is 0.0422. The molecule has 3 aromatic carbocycles. The van der Waals surface area contributed by atoms with Crippen molar-refractivity contribution in [3.8, 4) is 0 Å². The molecular formula is C24H20O6. The minimum atomic E-state index is -2.37. The fourth-order valence-electron chi connectivity index (χ4n) is 2.88. The Kier molecular flexibility index (Phi) is 6.95. The SMILES string of the molecule is O=COC(C(=O)OCc1ccccc1)(C(=O)OCc1ccccc1)c1ccccc1. The second-order valence-electron chi connectivity index (χ2n) is 6.38. The van der Waals surface area contributed by atoms with Gasteiger partial charge in [0.15, 0.2) is 0 Å². The fraction of sp³-hybridized carbons (Fsp3) is 0.125. The van der Waals surface area contributed by atoms with Crippen molar-refractivity contribution in [1.29, 1.82) is 0 Å². The smallest absolute Gasteiger partial charge is 0.367 e. The summed E-state index contributed by atoms with van der Waals surface area (Å²) in [6.45, 7) is -0.147. The van der Waals surface area contributed by atoms with E-state index in [1.54, 1.807) is 66.7 Å². The molecule has 0 heterocycles. The van der Waals surface area contributed by atoms with Crippen LogP contribution in [0, 0.1) is 0 Å². The molecule has 30 heavy (non-hydrogen) atoms. The first-order valence-electron chi connectivity index (χ1n) is 9.26. The monoisotopic (exact) mass is 404 g/mol. The number of esters is 2. The molecule has 0 fully saturated rings. The number of hydrogen-bond donors (Lipinski definition) is 0. The van der Waals surface area contributed by atoms with Crippen LogP contribution < -0.4 is 0 Å². The van der Waals surface area contributed by atoms with Gasteiger partial charge in [-0.1, -0.05) is 91.0 Å². The Labute approximate surface area is 174 Å². The molecular weight excluding hydrogens is 384 g/mol. The van der Waals surface area contributed by atoms with Gasteiger partial charge in [0.25, 0.3) is 6.47 Å². The van der Waals surface area contributed by atoms with Gasteiger partial charge in [0.2, 0.25) is 0 Å². The van der Waals surface area contributed by atoms with E-state index in [1.165, 1.54) is 12.1 Å². The highest BCUT2D eigenvalue weighted by Gasteiger charge is 2.53. The third-order valence-corrected chi connectivity index (χ3v) is 4.41. The second kappa shape index (κ2) is 10.0. The Hall–Kier alpha value is -3.93. The molecule has 6 nitrogen and oxygen atoms in total. The van der Waals surface area contributed by atoms with Gasteiger partial charge in [-0.3, -0.25) is 4.79 Å². The average Bonchev–Trinajstić information content (AvgIpc) is 2.81. The zero-order chi connectivity index (χ0) is 21.2. The van der Waals surface area contributed by atoms with Gasteiger partial charge in [0, 0.05) is 5.56 Å². The molecule has 0 aliphatic heterocycles. The zero-order valence-corrected chi connectivity index (χ0v) is 16.1. The maximum atomic E-state index is 13.1. The van der Waals surface area contributed by atoms with Crippen molar-refractivity contribution in [2.75, 3.05) is 0 Å². The predicted molar refractivity (Wildman–Crippen MR) is 108 cm³/mol. The van der Waals surface area contributed by atoms with Crippen LogP contribution in [0.5, 0.6) is 0 Å². The summed E-state index contributed by atoms with van der Waals surface area (Å²) >= 11 is 0. The van der Waals surface area contributed by atoms with Crippen molar-refractivity contribution < 1.29 is 28.6 Å². The maximum absolute atomic E-state index is 13.1. The third-order valence-electron chi connectivity index (χ3n) is 4.41. The van der Waals surface area contributed by atoms with E-state index in [0.717, 1.165) is 11.1 Å². The summed E-state index contributed by atoms with van der Waals surface area (Å²) < 4.78 is 15.8. The van der Waals surface area contributed by atoms with Gasteiger partial charge in [0.1, 0.15) is 13.2 Å². The lowest BCUT2D eigenvalue weighted by Crippen LogP contribution is -2.48. The molecule has 0 amide bonds. The molecule has 0 saturated heterocycles. The molecule has 0 saturated carbocycles. The van der Waals surface area contributed by atoms with Crippen LogP contribution in [-0.2, 0) is 47.4 Å². The summed E-state index contributed by atoms with van der Waals surface area (Å²) in [6.07, 6.45) is 0. The van der Waals surface area contributed by atoms with E-state index in [0.29, 0.717) is 0 Å². The van der Waals surface area contributed by atoms with E-state index in [-0.39, 0.29) is 25.2 Å². The van der Waals surface area contributed by atoms with Gasteiger partial charge in [0.05, 0.1) is 0 Å². The normalized spacial score (nSPS) is 10.7. The van der Waals surface area contributed by atoms with E-state index in [1.807, 2.05) is 12.1 Å². The Morgan fingerprint density at radius 3 is 1.47 bits per heavy atom. The number of carbonyl (C=O) groups is 3. The Bertz CT molecular complexity index is 915. The summed E-state index contributed by atoms with van der Waals surface area (Å²) in [5.41, 5.74) is -0.798. The summed E-state index contributed by atoms with van der Waals surface area (Å²) in [7, 11) is 0. The Balaban J connectivity index is 1.89. The first-order chi connectivity index (χ1) is 14.7. The van der Waals surface area contributed by atoms with Crippen molar-refractivity contribution in [3.63, 3.8) is 0 Å². The summed E-state index contributed by atoms with van der Waals surface area (Å²) in [4.78, 5) is 37.5. The molecule has 152 valence electrons. The molecule has 0 N–H and O–H groups in total. The van der Waals surface area contributed by atoms with Crippen molar-refractivity contribution in [2.24, 2.45) is 0 Å². The minimum Gasteiger partial charge on any atom is -0.457 e. The number of benzene rings is 3. The van der Waals surface area contributed by atoms with Crippen molar-refractivity contribution in [2.45, 2.75) is 18.8 Å². The van der Waals surface area contributed by atoms with Crippen LogP contribution in [0.25, 0.3) is 0 Å². The molecule has 0 spiro atoms. The fourth-order valence-corrected chi connectivity index (χ4v) is 2.88. The standard InChI is InChI=1S/C24H20O6/c25-18-30-24(21-14-8-3-9-15-21,22(26)28-16-19-10-4-1-5-11-19)23(27)29-17-20-12-6-2-7-13-20/h1-15,18H,16-17H2. The summed E-state index contributed by atoms with van der Waals surface area (Å²) in [5, 5.41) is 0. The van der Waals surface area contributed by atoms with Gasteiger partial charge in [-0.25, -0.2) is 9.59 Å². The highest BCUT2D eigenvalue weighted by atomic mass is 16.6. The van der Waals surface area contributed by atoms with E-state index in [2.05, 4.69) is 0 Å². The predicted octanol–water partition coefficient (Wildman–Crippen LogP) is 3.54. The maximum Gasteiger partial charge on any atom is 0.367 e. The number of rotatable bonds is 9. The Morgan fingerprint density at radius 1 is 0.667 bits per heavy atom. The lowest BCUT2D eigenvalue weighted by molar-refractivity contribution is -0.194. The first kappa shape index (κ1) is 20.8. The van der Waals surface area contributed by atoms with Gasteiger partial charge < -0.3 is 14.2 Å². The number of ether oxygens (including phenoxy) is 3. The quantitative estimate of drug-likeness (QED) is 0.235. The summed E-state index contributed by atoms with van der Waals surface area (Å²) in [5.74, 6) is -2.08. The van der Waals surface area contributed by atoms with Crippen LogP contribution in [-0.4, -0.2) is 18.4 Å². The van der Waals surface area contributed by atoms with Crippen molar-refractivity contribution >= 4 is 18.4 Å². The third kappa shape index (κ3) is 4.72.